The Bertz CT molecular complexity index is 676. The fraction of sp³-hybridized carbons (Fsp3) is 0.722. The van der Waals surface area contributed by atoms with Gasteiger partial charge in [-0.25, -0.2) is 4.79 Å². The van der Waals surface area contributed by atoms with Gasteiger partial charge in [-0.15, -0.1) is 0 Å². The second kappa shape index (κ2) is 6.35. The van der Waals surface area contributed by atoms with E-state index in [0.29, 0.717) is 17.7 Å². The second-order valence-electron chi connectivity index (χ2n) is 8.31. The zero-order chi connectivity index (χ0) is 18.4. The Kier molecular flexibility index (Phi) is 4.51. The molecule has 2 aliphatic carbocycles. The van der Waals surface area contributed by atoms with Crippen LogP contribution in [0.2, 0.25) is 0 Å². The first kappa shape index (κ1) is 17.8. The Balaban J connectivity index is 1.71. The topological polar surface area (TPSA) is 85.3 Å². The van der Waals surface area contributed by atoms with Crippen LogP contribution in [0, 0.1) is 24.7 Å². The minimum Gasteiger partial charge on any atom is -0.444 e. The van der Waals surface area contributed by atoms with Crippen LogP contribution in [-0.4, -0.2) is 33.4 Å². The van der Waals surface area contributed by atoms with E-state index in [-0.39, 0.29) is 17.9 Å². The molecule has 2 saturated carbocycles. The molecule has 0 saturated heterocycles. The molecular weight excluding hydrogens is 320 g/mol. The van der Waals surface area contributed by atoms with Crippen LogP contribution in [0.15, 0.2) is 6.07 Å². The third-order valence-corrected chi connectivity index (χ3v) is 5.16. The number of nitrogens with one attached hydrogen (secondary N) is 2. The molecule has 0 radical (unpaired) electrons. The van der Waals surface area contributed by atoms with Gasteiger partial charge < -0.3 is 15.4 Å². The van der Waals surface area contributed by atoms with Gasteiger partial charge in [0.25, 0.3) is 0 Å². The zero-order valence-corrected chi connectivity index (χ0v) is 15.6. The predicted octanol–water partition coefficient (Wildman–Crippen LogP) is 2.61. The van der Waals surface area contributed by atoms with Crippen molar-refractivity contribution in [3.63, 3.8) is 0 Å². The largest absolute Gasteiger partial charge is 0.444 e. The number of carbonyl (C=O) groups is 2. The van der Waals surface area contributed by atoms with Crippen molar-refractivity contribution in [2.45, 2.75) is 58.6 Å². The van der Waals surface area contributed by atoms with Crippen molar-refractivity contribution in [1.29, 1.82) is 0 Å². The maximum atomic E-state index is 12.9. The molecule has 0 spiro atoms. The number of aryl methyl sites for hydroxylation is 2. The summed E-state index contributed by atoms with van der Waals surface area (Å²) in [7, 11) is 1.81. The van der Waals surface area contributed by atoms with Gasteiger partial charge in [-0.2, -0.15) is 5.10 Å². The van der Waals surface area contributed by atoms with Crippen molar-refractivity contribution in [2.24, 2.45) is 24.8 Å². The first-order valence-corrected chi connectivity index (χ1v) is 8.95. The highest BCUT2D eigenvalue weighted by Crippen LogP contribution is 2.49. The van der Waals surface area contributed by atoms with Crippen LogP contribution >= 0.6 is 0 Å². The zero-order valence-electron chi connectivity index (χ0n) is 15.6. The van der Waals surface area contributed by atoms with E-state index in [2.05, 4.69) is 15.7 Å². The average Bonchev–Trinajstić information content (AvgIpc) is 3.12. The lowest BCUT2D eigenvalue weighted by molar-refractivity contribution is -0.122. The molecule has 4 atom stereocenters. The third kappa shape index (κ3) is 3.80. The molecule has 2 N–H and O–H groups in total. The molecule has 7 heteroatoms. The quantitative estimate of drug-likeness (QED) is 0.879. The monoisotopic (exact) mass is 348 g/mol. The minimum absolute atomic E-state index is 0.0451. The molecular formula is C18H28N4O3. The predicted molar refractivity (Wildman–Crippen MR) is 94.1 cm³/mol. The Morgan fingerprint density at radius 1 is 1.28 bits per heavy atom. The number of anilines is 1. The van der Waals surface area contributed by atoms with Crippen molar-refractivity contribution < 1.29 is 14.3 Å². The molecule has 1 aromatic heterocycles. The van der Waals surface area contributed by atoms with Crippen molar-refractivity contribution in [2.75, 3.05) is 5.32 Å². The highest BCUT2D eigenvalue weighted by atomic mass is 16.6. The van der Waals surface area contributed by atoms with Crippen molar-refractivity contribution in [3.05, 3.63) is 11.8 Å². The summed E-state index contributed by atoms with van der Waals surface area (Å²) in [6.45, 7) is 7.40. The summed E-state index contributed by atoms with van der Waals surface area (Å²) in [6, 6.07) is 1.68. The summed E-state index contributed by atoms with van der Waals surface area (Å²) < 4.78 is 7.04. The van der Waals surface area contributed by atoms with Crippen LogP contribution in [0.5, 0.6) is 0 Å². The molecule has 3 rings (SSSR count). The van der Waals surface area contributed by atoms with Gasteiger partial charge in [0.15, 0.2) is 0 Å². The van der Waals surface area contributed by atoms with Gasteiger partial charge in [-0.05, 0) is 58.8 Å². The van der Waals surface area contributed by atoms with E-state index in [1.807, 2.05) is 33.8 Å². The highest BCUT2D eigenvalue weighted by Gasteiger charge is 2.51. The molecule has 2 fully saturated rings. The fourth-order valence-electron chi connectivity index (χ4n) is 4.26. The smallest absolute Gasteiger partial charge is 0.407 e. The molecule has 2 aliphatic rings. The molecule has 138 valence electrons. The number of rotatable bonds is 3. The molecule has 0 unspecified atom stereocenters. The summed E-state index contributed by atoms with van der Waals surface area (Å²) in [6.07, 6.45) is 2.64. The summed E-state index contributed by atoms with van der Waals surface area (Å²) in [5.41, 5.74) is 0.306. The number of aromatic nitrogens is 2. The van der Waals surface area contributed by atoms with E-state index in [4.69, 9.17) is 4.74 Å². The van der Waals surface area contributed by atoms with Gasteiger partial charge in [0.1, 0.15) is 11.4 Å². The third-order valence-electron chi connectivity index (χ3n) is 5.16. The molecule has 25 heavy (non-hydrogen) atoms. The Morgan fingerprint density at radius 2 is 1.96 bits per heavy atom. The summed E-state index contributed by atoms with van der Waals surface area (Å²) >= 11 is 0. The van der Waals surface area contributed by atoms with Gasteiger partial charge in [0.05, 0.1) is 11.6 Å². The minimum atomic E-state index is -0.550. The molecule has 0 aromatic carbocycles. The van der Waals surface area contributed by atoms with Gasteiger partial charge in [0.2, 0.25) is 5.91 Å². The van der Waals surface area contributed by atoms with E-state index < -0.39 is 11.7 Å². The van der Waals surface area contributed by atoms with Crippen LogP contribution in [0.3, 0.4) is 0 Å². The van der Waals surface area contributed by atoms with E-state index in [1.165, 1.54) is 0 Å². The van der Waals surface area contributed by atoms with Crippen LogP contribution in [0.4, 0.5) is 10.6 Å². The average molecular weight is 348 g/mol. The van der Waals surface area contributed by atoms with Crippen molar-refractivity contribution in [1.82, 2.24) is 15.1 Å². The van der Waals surface area contributed by atoms with Crippen LogP contribution in [0.1, 0.15) is 45.7 Å². The number of alkyl carbamates (subject to hydrolysis) is 1. The van der Waals surface area contributed by atoms with Crippen molar-refractivity contribution >= 4 is 17.8 Å². The molecule has 1 heterocycles. The molecule has 2 amide bonds. The van der Waals surface area contributed by atoms with Crippen LogP contribution < -0.4 is 10.6 Å². The number of ether oxygens (including phenoxy) is 1. The first-order valence-electron chi connectivity index (χ1n) is 8.95. The maximum Gasteiger partial charge on any atom is 0.407 e. The van der Waals surface area contributed by atoms with Crippen LogP contribution in [0.25, 0.3) is 0 Å². The lowest BCUT2D eigenvalue weighted by Gasteiger charge is -2.31. The lowest BCUT2D eigenvalue weighted by atomic mass is 9.84. The number of fused-ring (bicyclic) bond motifs is 2. The number of hydrogen-bond donors (Lipinski definition) is 2. The second-order valence-corrected chi connectivity index (χ2v) is 8.31. The van der Waals surface area contributed by atoms with E-state index in [0.717, 1.165) is 25.0 Å². The van der Waals surface area contributed by atoms with E-state index in [9.17, 15) is 9.59 Å². The summed E-state index contributed by atoms with van der Waals surface area (Å²) in [4.78, 5) is 25.1. The fourth-order valence-corrected chi connectivity index (χ4v) is 4.26. The Labute approximate surface area is 148 Å². The highest BCUT2D eigenvalue weighted by molar-refractivity contribution is 5.93. The molecule has 0 aliphatic heterocycles. The van der Waals surface area contributed by atoms with Gasteiger partial charge in [-0.3, -0.25) is 9.48 Å². The summed E-state index contributed by atoms with van der Waals surface area (Å²) in [5, 5.41) is 10.2. The molecule has 1 aromatic rings. The van der Waals surface area contributed by atoms with E-state index >= 15 is 0 Å². The standard InChI is InChI=1S/C18H28N4O3/c1-10-8-13(22(5)21-10)19-16(23)14-11-6-7-12(9-11)15(14)20-17(24)25-18(2,3)4/h8,11-12,14-15H,6-7,9H2,1-5H3,(H,19,23)(H,20,24)/t11-,12-,14+,15-/m0/s1. The number of nitrogens with zero attached hydrogens (tertiary/aromatic N) is 2. The van der Waals surface area contributed by atoms with Gasteiger partial charge in [0, 0.05) is 19.2 Å². The van der Waals surface area contributed by atoms with Crippen molar-refractivity contribution in [3.8, 4) is 0 Å². The van der Waals surface area contributed by atoms with E-state index in [1.54, 1.807) is 11.7 Å². The SMILES string of the molecule is Cc1cc(NC(=O)[C@@H]2[C@H]3CC[C@@H](C3)[C@@H]2NC(=O)OC(C)(C)C)n(C)n1. The number of amides is 2. The Morgan fingerprint density at radius 3 is 2.56 bits per heavy atom. The summed E-state index contributed by atoms with van der Waals surface area (Å²) in [5.74, 6) is 1.08. The number of hydrogen-bond acceptors (Lipinski definition) is 4. The first-order chi connectivity index (χ1) is 11.6. The maximum absolute atomic E-state index is 12.9. The molecule has 2 bridgehead atoms. The normalized spacial score (nSPS) is 28.0. The lowest BCUT2D eigenvalue weighted by Crippen LogP contribution is -2.49. The van der Waals surface area contributed by atoms with Gasteiger partial charge in [-0.1, -0.05) is 0 Å². The molecule has 7 nitrogen and oxygen atoms in total. The Hall–Kier alpha value is -2.05. The van der Waals surface area contributed by atoms with Crippen LogP contribution in [-0.2, 0) is 16.6 Å². The number of carbonyl (C=O) groups excluding carboxylic acids is 2. The van der Waals surface area contributed by atoms with Gasteiger partial charge >= 0.3 is 6.09 Å².